The number of hydrogen-bond donors (Lipinski definition) is 2. The van der Waals surface area contributed by atoms with Crippen LogP contribution in [0.25, 0.3) is 0 Å². The van der Waals surface area contributed by atoms with Crippen LogP contribution in [0.15, 0.2) is 18.2 Å². The van der Waals surface area contributed by atoms with E-state index in [1.807, 2.05) is 0 Å². The number of aryl methyl sites for hydroxylation is 1. The first kappa shape index (κ1) is 14.8. The van der Waals surface area contributed by atoms with Crippen molar-refractivity contribution in [3.8, 4) is 0 Å². The Bertz CT molecular complexity index is 393. The number of benzene rings is 1. The van der Waals surface area contributed by atoms with Gasteiger partial charge in [0.1, 0.15) is 6.54 Å². The van der Waals surface area contributed by atoms with Crippen LogP contribution < -0.4 is 4.90 Å². The van der Waals surface area contributed by atoms with Gasteiger partial charge in [0.25, 0.3) is 0 Å². The molecular weight excluding hydrogens is 247 g/mol. The highest BCUT2D eigenvalue weighted by Crippen LogP contribution is 2.26. The molecular formula is C12H16F3NO2. The average molecular weight is 263 g/mol. The van der Waals surface area contributed by atoms with Crippen LogP contribution in [0.4, 0.5) is 18.9 Å². The van der Waals surface area contributed by atoms with Crippen molar-refractivity contribution < 1.29 is 23.4 Å². The van der Waals surface area contributed by atoms with Crippen LogP contribution in [0.1, 0.15) is 11.1 Å². The summed E-state index contributed by atoms with van der Waals surface area (Å²) in [5.74, 6) is 0. The second-order valence-electron chi connectivity index (χ2n) is 4.05. The van der Waals surface area contributed by atoms with Gasteiger partial charge in [-0.05, 0) is 13.0 Å². The third kappa shape index (κ3) is 4.19. The van der Waals surface area contributed by atoms with E-state index in [0.29, 0.717) is 11.3 Å². The van der Waals surface area contributed by atoms with Crippen molar-refractivity contribution in [2.75, 3.05) is 24.6 Å². The molecule has 102 valence electrons. The number of alkyl halides is 3. The van der Waals surface area contributed by atoms with Crippen LogP contribution in [0.3, 0.4) is 0 Å². The molecule has 1 rings (SSSR count). The van der Waals surface area contributed by atoms with Gasteiger partial charge in [0.2, 0.25) is 0 Å². The van der Waals surface area contributed by atoms with Crippen molar-refractivity contribution >= 4 is 5.69 Å². The SMILES string of the molecule is Cc1ccc(N(CCO)CC(F)(F)F)c(CO)c1. The Labute approximate surface area is 103 Å². The number of anilines is 1. The molecule has 18 heavy (non-hydrogen) atoms. The van der Waals surface area contributed by atoms with Gasteiger partial charge in [0.05, 0.1) is 13.2 Å². The van der Waals surface area contributed by atoms with Gasteiger partial charge in [-0.25, -0.2) is 0 Å². The second kappa shape index (κ2) is 6.06. The minimum absolute atomic E-state index is 0.129. The lowest BCUT2D eigenvalue weighted by molar-refractivity contribution is -0.119. The Morgan fingerprint density at radius 2 is 1.89 bits per heavy atom. The van der Waals surface area contributed by atoms with E-state index in [4.69, 9.17) is 5.11 Å². The fourth-order valence-electron chi connectivity index (χ4n) is 1.77. The van der Waals surface area contributed by atoms with Gasteiger partial charge in [0, 0.05) is 17.8 Å². The van der Waals surface area contributed by atoms with Crippen molar-refractivity contribution in [1.82, 2.24) is 0 Å². The van der Waals surface area contributed by atoms with E-state index in [2.05, 4.69) is 0 Å². The lowest BCUT2D eigenvalue weighted by Crippen LogP contribution is -2.36. The lowest BCUT2D eigenvalue weighted by Gasteiger charge is -2.27. The molecule has 0 saturated heterocycles. The molecule has 0 radical (unpaired) electrons. The minimum Gasteiger partial charge on any atom is -0.395 e. The van der Waals surface area contributed by atoms with Gasteiger partial charge in [0.15, 0.2) is 0 Å². The first-order valence-electron chi connectivity index (χ1n) is 5.50. The number of nitrogens with zero attached hydrogens (tertiary/aromatic N) is 1. The number of hydrogen-bond acceptors (Lipinski definition) is 3. The summed E-state index contributed by atoms with van der Waals surface area (Å²) in [6.07, 6.45) is -4.35. The minimum atomic E-state index is -4.35. The van der Waals surface area contributed by atoms with Crippen LogP contribution in [-0.4, -0.2) is 36.1 Å². The van der Waals surface area contributed by atoms with Crippen LogP contribution in [-0.2, 0) is 6.61 Å². The summed E-state index contributed by atoms with van der Waals surface area (Å²) in [6.45, 7) is -0.200. The third-order valence-electron chi connectivity index (χ3n) is 2.49. The lowest BCUT2D eigenvalue weighted by atomic mass is 10.1. The van der Waals surface area contributed by atoms with Gasteiger partial charge < -0.3 is 15.1 Å². The van der Waals surface area contributed by atoms with E-state index in [0.717, 1.165) is 10.5 Å². The van der Waals surface area contributed by atoms with E-state index in [1.165, 1.54) is 6.07 Å². The molecule has 0 aromatic heterocycles. The number of aliphatic hydroxyl groups is 2. The highest BCUT2D eigenvalue weighted by molar-refractivity contribution is 5.55. The van der Waals surface area contributed by atoms with Crippen molar-refractivity contribution in [2.45, 2.75) is 19.7 Å². The van der Waals surface area contributed by atoms with E-state index in [1.54, 1.807) is 19.1 Å². The molecule has 1 aromatic carbocycles. The van der Waals surface area contributed by atoms with Gasteiger partial charge in [-0.2, -0.15) is 13.2 Å². The molecule has 0 atom stereocenters. The molecule has 0 fully saturated rings. The molecule has 0 amide bonds. The van der Waals surface area contributed by atoms with Crippen molar-refractivity contribution in [1.29, 1.82) is 0 Å². The summed E-state index contributed by atoms with van der Waals surface area (Å²) in [5, 5.41) is 18.0. The first-order valence-corrected chi connectivity index (χ1v) is 5.50. The Kier molecular flexibility index (Phi) is 4.98. The Balaban J connectivity index is 3.04. The number of halogens is 3. The molecule has 1 aromatic rings. The molecule has 0 heterocycles. The molecule has 0 unspecified atom stereocenters. The fraction of sp³-hybridized carbons (Fsp3) is 0.500. The monoisotopic (exact) mass is 263 g/mol. The van der Waals surface area contributed by atoms with Crippen molar-refractivity contribution in [2.24, 2.45) is 0 Å². The Hall–Kier alpha value is -1.27. The number of aliphatic hydroxyl groups excluding tert-OH is 2. The van der Waals surface area contributed by atoms with E-state index < -0.39 is 12.7 Å². The third-order valence-corrected chi connectivity index (χ3v) is 2.49. The van der Waals surface area contributed by atoms with Crippen LogP contribution in [0.5, 0.6) is 0 Å². The maximum Gasteiger partial charge on any atom is 0.405 e. The van der Waals surface area contributed by atoms with Gasteiger partial charge in [-0.15, -0.1) is 0 Å². The predicted octanol–water partition coefficient (Wildman–Crippen LogP) is 1.85. The zero-order valence-electron chi connectivity index (χ0n) is 10.0. The van der Waals surface area contributed by atoms with Gasteiger partial charge in [-0.1, -0.05) is 17.7 Å². The second-order valence-corrected chi connectivity index (χ2v) is 4.05. The van der Waals surface area contributed by atoms with Gasteiger partial charge >= 0.3 is 6.18 Å². The Morgan fingerprint density at radius 1 is 1.22 bits per heavy atom. The highest BCUT2D eigenvalue weighted by atomic mass is 19.4. The van der Waals surface area contributed by atoms with Crippen LogP contribution >= 0.6 is 0 Å². The normalized spacial score (nSPS) is 11.7. The first-order chi connectivity index (χ1) is 8.37. The summed E-state index contributed by atoms with van der Waals surface area (Å²) in [7, 11) is 0. The topological polar surface area (TPSA) is 43.7 Å². The smallest absolute Gasteiger partial charge is 0.395 e. The van der Waals surface area contributed by atoms with Crippen molar-refractivity contribution in [3.05, 3.63) is 29.3 Å². The summed E-state index contributed by atoms with van der Waals surface area (Å²) in [5.41, 5.74) is 1.58. The quantitative estimate of drug-likeness (QED) is 0.852. The molecule has 0 aliphatic rings. The molecule has 0 aliphatic heterocycles. The molecule has 0 bridgehead atoms. The van der Waals surface area contributed by atoms with Crippen LogP contribution in [0.2, 0.25) is 0 Å². The summed E-state index contributed by atoms with van der Waals surface area (Å²) >= 11 is 0. The van der Waals surface area contributed by atoms with Gasteiger partial charge in [-0.3, -0.25) is 0 Å². The molecule has 0 aliphatic carbocycles. The molecule has 3 nitrogen and oxygen atoms in total. The van der Waals surface area contributed by atoms with Crippen molar-refractivity contribution in [3.63, 3.8) is 0 Å². The maximum atomic E-state index is 12.4. The van der Waals surface area contributed by atoms with E-state index >= 15 is 0 Å². The zero-order valence-corrected chi connectivity index (χ0v) is 10.0. The Morgan fingerprint density at radius 3 is 2.39 bits per heavy atom. The summed E-state index contributed by atoms with van der Waals surface area (Å²) in [6, 6.07) is 4.84. The fourth-order valence-corrected chi connectivity index (χ4v) is 1.77. The maximum absolute atomic E-state index is 12.4. The summed E-state index contributed by atoms with van der Waals surface area (Å²) in [4.78, 5) is 1.02. The molecule has 2 N–H and O–H groups in total. The van der Waals surface area contributed by atoms with E-state index in [-0.39, 0.29) is 19.8 Å². The number of rotatable bonds is 5. The predicted molar refractivity (Wildman–Crippen MR) is 62.5 cm³/mol. The largest absolute Gasteiger partial charge is 0.405 e. The van der Waals surface area contributed by atoms with Crippen LogP contribution in [0, 0.1) is 6.92 Å². The molecule has 0 spiro atoms. The average Bonchev–Trinajstić information content (AvgIpc) is 2.26. The zero-order chi connectivity index (χ0) is 13.8. The summed E-state index contributed by atoms with van der Waals surface area (Å²) < 4.78 is 37.3. The molecule has 6 heteroatoms. The standard InChI is InChI=1S/C12H16F3NO2/c1-9-2-3-11(10(6-9)7-18)16(4-5-17)8-12(13,14)15/h2-3,6,17-18H,4-5,7-8H2,1H3. The highest BCUT2D eigenvalue weighted by Gasteiger charge is 2.31. The van der Waals surface area contributed by atoms with E-state index in [9.17, 15) is 18.3 Å². The molecule has 0 saturated carbocycles.